The molecule has 1 aliphatic rings. The highest BCUT2D eigenvalue weighted by Gasteiger charge is 2.32. The molecule has 0 saturated heterocycles. The highest BCUT2D eigenvalue weighted by Crippen LogP contribution is 2.33. The number of likely N-dealkylation sites (N-methyl/N-ethyl adjacent to an activating group) is 1. The first-order valence-corrected chi connectivity index (χ1v) is 10.4. The maximum Gasteiger partial charge on any atom is 0.252 e. The molecule has 0 amide bonds. The number of thiophene rings is 1. The maximum atomic E-state index is 12.9. The van der Waals surface area contributed by atoms with Crippen molar-refractivity contribution < 1.29 is 8.42 Å². The van der Waals surface area contributed by atoms with Crippen LogP contribution in [0.25, 0.3) is 10.9 Å². The lowest BCUT2D eigenvalue weighted by molar-refractivity contribution is 0.336. The second-order valence-corrected chi connectivity index (χ2v) is 9.92. The van der Waals surface area contributed by atoms with Crippen LogP contribution in [0.15, 0.2) is 40.6 Å². The van der Waals surface area contributed by atoms with E-state index in [9.17, 15) is 8.42 Å². The van der Waals surface area contributed by atoms with Gasteiger partial charge in [0.25, 0.3) is 10.0 Å². The van der Waals surface area contributed by atoms with Crippen molar-refractivity contribution in [3.63, 3.8) is 0 Å². The van der Waals surface area contributed by atoms with Crippen molar-refractivity contribution in [1.82, 2.24) is 9.29 Å². The molecule has 0 saturated carbocycles. The van der Waals surface area contributed by atoms with Crippen molar-refractivity contribution >= 4 is 32.3 Å². The second-order valence-electron chi connectivity index (χ2n) is 6.41. The predicted octanol–water partition coefficient (Wildman–Crippen LogP) is 3.72. The molecule has 4 rings (SSSR count). The number of aryl methyl sites for hydroxylation is 2. The zero-order valence-electron chi connectivity index (χ0n) is 13.7. The number of para-hydroxylation sites is 1. The number of aromatic amines is 1. The number of nitrogens with zero attached hydrogens (tertiary/aromatic N) is 1. The molecule has 4 nitrogen and oxygen atoms in total. The predicted molar refractivity (Wildman–Crippen MR) is 98.1 cm³/mol. The molecular weight excluding hydrogens is 340 g/mol. The van der Waals surface area contributed by atoms with Crippen LogP contribution >= 0.6 is 11.3 Å². The quantitative estimate of drug-likeness (QED) is 0.774. The smallest absolute Gasteiger partial charge is 0.252 e. The fourth-order valence-electron chi connectivity index (χ4n) is 3.55. The van der Waals surface area contributed by atoms with E-state index >= 15 is 0 Å². The van der Waals surface area contributed by atoms with Gasteiger partial charge in [0.05, 0.1) is 0 Å². The highest BCUT2D eigenvalue weighted by atomic mass is 32.2. The zero-order chi connectivity index (χ0) is 16.9. The Morgan fingerprint density at radius 2 is 2.00 bits per heavy atom. The molecule has 1 atom stereocenters. The van der Waals surface area contributed by atoms with Gasteiger partial charge in [-0.05, 0) is 49.9 Å². The Morgan fingerprint density at radius 3 is 2.75 bits per heavy atom. The lowest BCUT2D eigenvalue weighted by atomic mass is 9.91. The molecule has 2 aromatic heterocycles. The van der Waals surface area contributed by atoms with Gasteiger partial charge in [-0.1, -0.05) is 18.2 Å². The molecule has 1 N–H and O–H groups in total. The minimum Gasteiger partial charge on any atom is -0.358 e. The number of sulfonamides is 1. The number of hydrogen-bond donors (Lipinski definition) is 1. The average Bonchev–Trinajstić information content (AvgIpc) is 3.17. The van der Waals surface area contributed by atoms with Crippen LogP contribution < -0.4 is 0 Å². The Balaban J connectivity index is 1.66. The molecule has 2 heterocycles. The lowest BCUT2D eigenvalue weighted by Gasteiger charge is -2.30. The fraction of sp³-hybridized carbons (Fsp3) is 0.333. The van der Waals surface area contributed by atoms with Crippen molar-refractivity contribution in [2.24, 2.45) is 0 Å². The molecule has 0 bridgehead atoms. The van der Waals surface area contributed by atoms with Crippen molar-refractivity contribution in [3.05, 3.63) is 52.5 Å². The van der Waals surface area contributed by atoms with Gasteiger partial charge in [0.15, 0.2) is 0 Å². The van der Waals surface area contributed by atoms with Crippen LogP contribution in [0.1, 0.15) is 22.6 Å². The summed E-state index contributed by atoms with van der Waals surface area (Å²) in [6.07, 6.45) is 2.50. The van der Waals surface area contributed by atoms with Crippen LogP contribution in [0.5, 0.6) is 0 Å². The first kappa shape index (κ1) is 15.9. The van der Waals surface area contributed by atoms with E-state index in [4.69, 9.17) is 0 Å². The molecule has 1 aromatic carbocycles. The molecule has 3 aromatic rings. The van der Waals surface area contributed by atoms with Gasteiger partial charge in [-0.3, -0.25) is 0 Å². The van der Waals surface area contributed by atoms with E-state index in [0.717, 1.165) is 29.7 Å². The van der Waals surface area contributed by atoms with Crippen molar-refractivity contribution in [3.8, 4) is 0 Å². The van der Waals surface area contributed by atoms with Gasteiger partial charge >= 0.3 is 0 Å². The summed E-state index contributed by atoms with van der Waals surface area (Å²) in [6.45, 7) is 1.93. The van der Waals surface area contributed by atoms with Gasteiger partial charge < -0.3 is 4.98 Å². The second kappa shape index (κ2) is 5.72. The van der Waals surface area contributed by atoms with Gasteiger partial charge in [0.2, 0.25) is 0 Å². The number of benzene rings is 1. The van der Waals surface area contributed by atoms with Gasteiger partial charge in [-0.25, -0.2) is 8.42 Å². The number of nitrogens with one attached hydrogen (secondary N) is 1. The van der Waals surface area contributed by atoms with Crippen LogP contribution in [0.4, 0.5) is 0 Å². The van der Waals surface area contributed by atoms with Crippen molar-refractivity contribution in [2.45, 2.75) is 36.4 Å². The summed E-state index contributed by atoms with van der Waals surface area (Å²) in [5.74, 6) is 0. The fourth-order valence-corrected chi connectivity index (χ4v) is 6.40. The van der Waals surface area contributed by atoms with E-state index in [1.807, 2.05) is 25.1 Å². The minimum atomic E-state index is -3.42. The number of rotatable bonds is 3. The van der Waals surface area contributed by atoms with Crippen molar-refractivity contribution in [2.75, 3.05) is 7.05 Å². The number of hydrogen-bond acceptors (Lipinski definition) is 3. The van der Waals surface area contributed by atoms with Gasteiger partial charge in [-0.15, -0.1) is 11.3 Å². The summed E-state index contributed by atoms with van der Waals surface area (Å²) >= 11 is 1.34. The van der Waals surface area contributed by atoms with Crippen LogP contribution in [-0.2, 0) is 22.9 Å². The summed E-state index contributed by atoms with van der Waals surface area (Å²) in [6, 6.07) is 11.8. The minimum absolute atomic E-state index is 0.00381. The molecule has 6 heteroatoms. The maximum absolute atomic E-state index is 12.9. The largest absolute Gasteiger partial charge is 0.358 e. The number of aromatic nitrogens is 1. The normalized spacial score (nSPS) is 18.2. The summed E-state index contributed by atoms with van der Waals surface area (Å²) < 4.78 is 27.8. The Hall–Kier alpha value is -1.63. The van der Waals surface area contributed by atoms with E-state index in [2.05, 4.69) is 17.1 Å². The van der Waals surface area contributed by atoms with E-state index in [1.54, 1.807) is 17.4 Å². The number of H-pyrrole nitrogens is 1. The van der Waals surface area contributed by atoms with Crippen molar-refractivity contribution in [1.29, 1.82) is 0 Å². The summed E-state index contributed by atoms with van der Waals surface area (Å²) in [4.78, 5) is 4.50. The van der Waals surface area contributed by atoms with Gasteiger partial charge in [-0.2, -0.15) is 4.31 Å². The van der Waals surface area contributed by atoms with Gasteiger partial charge in [0.1, 0.15) is 4.21 Å². The van der Waals surface area contributed by atoms with E-state index in [-0.39, 0.29) is 6.04 Å². The molecule has 0 fully saturated rings. The molecule has 0 radical (unpaired) electrons. The third-order valence-corrected chi connectivity index (χ3v) is 8.31. The van der Waals surface area contributed by atoms with Crippen LogP contribution in [0.2, 0.25) is 0 Å². The van der Waals surface area contributed by atoms with E-state index in [0.29, 0.717) is 4.21 Å². The number of fused-ring (bicyclic) bond motifs is 3. The standard InChI is InChI=1S/C18H20N2O2S2/c1-12-7-10-18(23-12)24(21,22)20(2)13-8-9-17-15(11-13)14-5-3-4-6-16(14)19-17/h3-7,10,13,19H,8-9,11H2,1-2H3. The van der Waals surface area contributed by atoms with Crippen LogP contribution in [-0.4, -0.2) is 30.8 Å². The summed E-state index contributed by atoms with van der Waals surface area (Å²) in [5.41, 5.74) is 3.67. The van der Waals surface area contributed by atoms with Crippen LogP contribution in [0, 0.1) is 6.92 Å². The topological polar surface area (TPSA) is 53.2 Å². The third kappa shape index (κ3) is 2.49. The Kier molecular flexibility index (Phi) is 3.78. The van der Waals surface area contributed by atoms with E-state index < -0.39 is 10.0 Å². The molecule has 0 aliphatic heterocycles. The SMILES string of the molecule is Cc1ccc(S(=O)(=O)N(C)C2CCc3[nH]c4ccccc4c3C2)s1. The Labute approximate surface area is 146 Å². The first-order chi connectivity index (χ1) is 11.5. The molecular formula is C18H20N2O2S2. The molecule has 0 spiro atoms. The molecule has 1 unspecified atom stereocenters. The molecule has 24 heavy (non-hydrogen) atoms. The summed E-state index contributed by atoms with van der Waals surface area (Å²) in [7, 11) is -1.70. The highest BCUT2D eigenvalue weighted by molar-refractivity contribution is 7.91. The average molecular weight is 361 g/mol. The third-order valence-electron chi connectivity index (χ3n) is 4.93. The molecule has 1 aliphatic carbocycles. The Bertz CT molecular complexity index is 1000. The monoisotopic (exact) mass is 360 g/mol. The van der Waals surface area contributed by atoms with Gasteiger partial charge in [0, 0.05) is 34.6 Å². The summed E-state index contributed by atoms with van der Waals surface area (Å²) in [5, 5.41) is 1.22. The van der Waals surface area contributed by atoms with E-state index in [1.165, 1.54) is 28.0 Å². The first-order valence-electron chi connectivity index (χ1n) is 8.10. The van der Waals surface area contributed by atoms with Crippen LogP contribution in [0.3, 0.4) is 0 Å². The lowest BCUT2D eigenvalue weighted by Crippen LogP contribution is -2.40. The molecule has 126 valence electrons. The zero-order valence-corrected chi connectivity index (χ0v) is 15.4. The Morgan fingerprint density at radius 1 is 1.21 bits per heavy atom.